The average molecular weight is 772 g/mol. The third-order valence-corrected chi connectivity index (χ3v) is 12.2. The molecule has 5 rings (SSSR count). The molecule has 0 unspecified atom stereocenters. The number of sulfone groups is 1. The molecular formula is C36H43N4O9S3+. The SMILES string of the molecule is CC1(C)C(/C=C/C=C/C=C2/N(CCCS(=O)(=O)O)c3ccc4cc(S(=O)(=O)O)ccc4c3C2(C)C)=Nc2c1cc(C(N)=O)c[n+]2CCCS(C)(=O)=O. The Bertz CT molecular complexity index is 2430. The van der Waals surface area contributed by atoms with Crippen LogP contribution in [0.3, 0.4) is 0 Å². The molecule has 0 atom stereocenters. The standard InChI is InChI=1S/C36H42N4O9S3/c1-35(2)28-22-25(33(37)41)23-39(17-9-19-50(5,42)43)34(28)38-30(35)11-7-6-8-12-31-36(3,4)32-27-15-14-26(52(47,48)49)21-24(27)13-16-29(32)40(31)18-10-20-51(44,45)46/h6-8,11-16,21-23H,9-10,17-20H2,1-5H3,(H3-,37,41,44,45,46,47,48,49)/p+1. The topological polar surface area (TPSA) is 205 Å². The van der Waals surface area contributed by atoms with Crippen molar-refractivity contribution in [2.24, 2.45) is 10.7 Å². The number of aryl methyl sites for hydroxylation is 1. The Hall–Kier alpha value is -4.22. The van der Waals surface area contributed by atoms with Crippen LogP contribution in [0.25, 0.3) is 10.8 Å². The molecule has 0 saturated heterocycles. The summed E-state index contributed by atoms with van der Waals surface area (Å²) < 4.78 is 91.0. The lowest BCUT2D eigenvalue weighted by molar-refractivity contribution is -0.684. The number of nitrogens with zero attached hydrogens (tertiary/aromatic N) is 3. The molecule has 0 fully saturated rings. The monoisotopic (exact) mass is 771 g/mol. The van der Waals surface area contributed by atoms with Crippen LogP contribution in [0.15, 0.2) is 88.6 Å². The number of benzene rings is 2. The highest BCUT2D eigenvalue weighted by molar-refractivity contribution is 7.90. The molecule has 13 nitrogen and oxygen atoms in total. The summed E-state index contributed by atoms with van der Waals surface area (Å²) in [6.45, 7) is 8.59. The highest BCUT2D eigenvalue weighted by Crippen LogP contribution is 2.51. The van der Waals surface area contributed by atoms with Crippen LogP contribution in [-0.4, -0.2) is 70.3 Å². The summed E-state index contributed by atoms with van der Waals surface area (Å²) in [5, 5.41) is 1.39. The molecule has 0 spiro atoms. The van der Waals surface area contributed by atoms with Crippen molar-refractivity contribution in [2.75, 3.05) is 29.2 Å². The fraction of sp³-hybridized carbons (Fsp3) is 0.361. The summed E-state index contributed by atoms with van der Waals surface area (Å²) in [5.41, 5.74) is 8.75. The summed E-state index contributed by atoms with van der Waals surface area (Å²) in [5.74, 6) is -0.415. The Morgan fingerprint density at radius 2 is 1.63 bits per heavy atom. The van der Waals surface area contributed by atoms with Gasteiger partial charge in [0, 0.05) is 29.6 Å². The predicted molar refractivity (Wildman–Crippen MR) is 201 cm³/mol. The number of anilines is 1. The van der Waals surface area contributed by atoms with Crippen molar-refractivity contribution in [3.63, 3.8) is 0 Å². The van der Waals surface area contributed by atoms with Gasteiger partial charge in [0.1, 0.15) is 16.0 Å². The number of fused-ring (bicyclic) bond motifs is 4. The van der Waals surface area contributed by atoms with E-state index in [0.717, 1.165) is 33.6 Å². The van der Waals surface area contributed by atoms with E-state index < -0.39 is 52.6 Å². The predicted octanol–water partition coefficient (Wildman–Crippen LogP) is 4.34. The van der Waals surface area contributed by atoms with E-state index in [-0.39, 0.29) is 23.6 Å². The molecule has 3 heterocycles. The zero-order valence-electron chi connectivity index (χ0n) is 29.6. The van der Waals surface area contributed by atoms with Gasteiger partial charge in [-0.3, -0.25) is 13.9 Å². The molecule has 0 aliphatic carbocycles. The molecule has 1 amide bonds. The van der Waals surface area contributed by atoms with Gasteiger partial charge in [0.05, 0.1) is 39.5 Å². The molecule has 0 bridgehead atoms. The number of allylic oxidation sites excluding steroid dienone is 6. The minimum atomic E-state index is -4.41. The number of pyridine rings is 1. The van der Waals surface area contributed by atoms with Crippen LogP contribution >= 0.6 is 0 Å². The van der Waals surface area contributed by atoms with E-state index in [2.05, 4.69) is 0 Å². The van der Waals surface area contributed by atoms with Crippen LogP contribution in [0.1, 0.15) is 62.0 Å². The number of rotatable bonds is 13. The van der Waals surface area contributed by atoms with E-state index in [0.29, 0.717) is 29.7 Å². The number of primary amides is 1. The zero-order valence-corrected chi connectivity index (χ0v) is 32.0. The molecule has 52 heavy (non-hydrogen) atoms. The van der Waals surface area contributed by atoms with Crippen LogP contribution in [0.5, 0.6) is 0 Å². The molecule has 4 N–H and O–H groups in total. The Morgan fingerprint density at radius 1 is 0.923 bits per heavy atom. The van der Waals surface area contributed by atoms with Crippen molar-refractivity contribution in [1.29, 1.82) is 0 Å². The van der Waals surface area contributed by atoms with Gasteiger partial charge >= 0.3 is 5.82 Å². The zero-order chi connectivity index (χ0) is 38.4. The lowest BCUT2D eigenvalue weighted by Crippen LogP contribution is -2.37. The molecule has 3 aromatic rings. The quantitative estimate of drug-likeness (QED) is 0.127. The fourth-order valence-corrected chi connectivity index (χ4v) is 8.56. The first-order chi connectivity index (χ1) is 24.0. The van der Waals surface area contributed by atoms with Gasteiger partial charge in [-0.15, -0.1) is 0 Å². The highest BCUT2D eigenvalue weighted by Gasteiger charge is 2.43. The third kappa shape index (κ3) is 8.20. The van der Waals surface area contributed by atoms with Gasteiger partial charge in [-0.1, -0.05) is 44.2 Å². The van der Waals surface area contributed by atoms with Crippen molar-refractivity contribution in [3.8, 4) is 0 Å². The summed E-state index contributed by atoms with van der Waals surface area (Å²) >= 11 is 0. The normalized spacial score (nSPS) is 17.7. The van der Waals surface area contributed by atoms with Crippen LogP contribution < -0.4 is 15.2 Å². The number of carbonyl (C=O) groups is 1. The number of aliphatic imine (C=N–C) groups is 1. The molecule has 16 heteroatoms. The Kier molecular flexibility index (Phi) is 10.5. The number of carbonyl (C=O) groups excluding carboxylic acids is 1. The van der Waals surface area contributed by atoms with E-state index in [1.807, 2.05) is 69.0 Å². The number of amides is 1. The first-order valence-corrected chi connectivity index (χ1v) is 21.6. The summed E-state index contributed by atoms with van der Waals surface area (Å²) in [4.78, 5) is 18.8. The average Bonchev–Trinajstić information content (AvgIpc) is 3.40. The molecule has 0 saturated carbocycles. The molecule has 2 aromatic carbocycles. The molecule has 2 aliphatic heterocycles. The second-order valence-electron chi connectivity index (χ2n) is 14.2. The number of hydrogen-bond donors (Lipinski definition) is 3. The van der Waals surface area contributed by atoms with Crippen LogP contribution in [0, 0.1) is 0 Å². The molecular weight excluding hydrogens is 729 g/mol. The first-order valence-electron chi connectivity index (χ1n) is 16.5. The molecule has 0 radical (unpaired) electrons. The summed E-state index contributed by atoms with van der Waals surface area (Å²) in [6, 6.07) is 9.72. The summed E-state index contributed by atoms with van der Waals surface area (Å²) in [7, 11) is -11.8. The van der Waals surface area contributed by atoms with Gasteiger partial charge in [0.25, 0.3) is 26.1 Å². The minimum absolute atomic E-state index is 0.0131. The number of nitrogens with two attached hydrogens (primary N) is 1. The molecule has 2 aliphatic rings. The molecule has 278 valence electrons. The third-order valence-electron chi connectivity index (χ3n) is 9.47. The van der Waals surface area contributed by atoms with Crippen molar-refractivity contribution in [1.82, 2.24) is 0 Å². The highest BCUT2D eigenvalue weighted by atomic mass is 32.2. The first kappa shape index (κ1) is 39.0. The Morgan fingerprint density at radius 3 is 2.27 bits per heavy atom. The van der Waals surface area contributed by atoms with Crippen LogP contribution in [0.2, 0.25) is 0 Å². The number of hydrogen-bond acceptors (Lipinski definition) is 9. The maximum Gasteiger partial charge on any atom is 0.327 e. The van der Waals surface area contributed by atoms with E-state index in [4.69, 9.17) is 10.7 Å². The van der Waals surface area contributed by atoms with Crippen LogP contribution in [-0.2, 0) is 47.4 Å². The Balaban J connectivity index is 1.47. The molecule has 1 aromatic heterocycles. The van der Waals surface area contributed by atoms with E-state index in [9.17, 15) is 39.2 Å². The van der Waals surface area contributed by atoms with Crippen molar-refractivity contribution in [3.05, 3.63) is 95.4 Å². The fourth-order valence-electron chi connectivity index (χ4n) is 6.90. The van der Waals surface area contributed by atoms with E-state index in [1.165, 1.54) is 18.4 Å². The van der Waals surface area contributed by atoms with E-state index in [1.54, 1.807) is 29.0 Å². The van der Waals surface area contributed by atoms with Crippen LogP contribution in [0.4, 0.5) is 11.5 Å². The summed E-state index contributed by atoms with van der Waals surface area (Å²) in [6.07, 6.45) is 12.5. The van der Waals surface area contributed by atoms with E-state index >= 15 is 0 Å². The van der Waals surface area contributed by atoms with Gasteiger partial charge in [-0.2, -0.15) is 16.8 Å². The second-order valence-corrected chi connectivity index (χ2v) is 19.4. The van der Waals surface area contributed by atoms with Gasteiger partial charge < -0.3 is 10.6 Å². The number of aromatic nitrogens is 1. The van der Waals surface area contributed by atoms with Crippen molar-refractivity contribution >= 4 is 64.0 Å². The maximum absolute atomic E-state index is 12.2. The maximum atomic E-state index is 12.2. The lowest BCUT2D eigenvalue weighted by Gasteiger charge is -2.27. The van der Waals surface area contributed by atoms with Crippen molar-refractivity contribution < 1.29 is 43.7 Å². The second kappa shape index (κ2) is 14.0. The lowest BCUT2D eigenvalue weighted by atomic mass is 9.81. The van der Waals surface area contributed by atoms with Gasteiger partial charge in [-0.25, -0.2) is 13.0 Å². The smallest absolute Gasteiger partial charge is 0.327 e. The van der Waals surface area contributed by atoms with Gasteiger partial charge in [0.2, 0.25) is 0 Å². The van der Waals surface area contributed by atoms with Gasteiger partial charge in [-0.05, 0) is 84.4 Å². The largest absolute Gasteiger partial charge is 0.365 e. The Labute approximate surface area is 304 Å². The minimum Gasteiger partial charge on any atom is -0.365 e. The van der Waals surface area contributed by atoms with Crippen molar-refractivity contribution in [2.45, 2.75) is 62.8 Å². The van der Waals surface area contributed by atoms with Gasteiger partial charge in [0.15, 0.2) is 5.71 Å².